The van der Waals surface area contributed by atoms with Crippen molar-refractivity contribution < 1.29 is 4.74 Å². The Kier molecular flexibility index (Phi) is 6.46. The van der Waals surface area contributed by atoms with Crippen molar-refractivity contribution in [2.24, 2.45) is 9.98 Å². The predicted octanol–water partition coefficient (Wildman–Crippen LogP) is 3.86. The lowest BCUT2D eigenvalue weighted by molar-refractivity contribution is 0.416. The van der Waals surface area contributed by atoms with Crippen LogP contribution in [0.4, 0.5) is 5.69 Å². The van der Waals surface area contributed by atoms with Crippen molar-refractivity contribution in [1.29, 1.82) is 0 Å². The third-order valence-corrected chi connectivity index (χ3v) is 2.25. The van der Waals surface area contributed by atoms with Gasteiger partial charge in [-0.1, -0.05) is 18.2 Å². The molecule has 0 amide bonds. The number of para-hydroxylation sites is 2. The Morgan fingerprint density at radius 1 is 1.35 bits per heavy atom. The van der Waals surface area contributed by atoms with E-state index in [1.165, 1.54) is 0 Å². The molecule has 0 aliphatic heterocycles. The molecular formula is C14H18N2O. The number of rotatable bonds is 7. The molecule has 0 N–H and O–H groups in total. The number of ether oxygens (including phenoxy) is 1. The molecule has 1 aromatic carbocycles. The summed E-state index contributed by atoms with van der Waals surface area (Å²) in [5.41, 5.74) is 0.754. The number of allylic oxidation sites excluding steroid dienone is 1. The molecule has 0 aliphatic rings. The maximum atomic E-state index is 5.17. The van der Waals surface area contributed by atoms with Crippen LogP contribution < -0.4 is 4.74 Å². The third-order valence-electron chi connectivity index (χ3n) is 2.25. The first kappa shape index (κ1) is 13.2. The van der Waals surface area contributed by atoms with Crippen molar-refractivity contribution in [1.82, 2.24) is 0 Å². The van der Waals surface area contributed by atoms with Crippen molar-refractivity contribution >= 4 is 11.7 Å². The van der Waals surface area contributed by atoms with Gasteiger partial charge in [0.05, 0.1) is 13.1 Å². The van der Waals surface area contributed by atoms with Crippen LogP contribution in [0.3, 0.4) is 0 Å². The molecule has 0 fully saturated rings. The van der Waals surface area contributed by atoms with Crippen LogP contribution >= 0.6 is 0 Å². The molecule has 17 heavy (non-hydrogen) atoms. The van der Waals surface area contributed by atoms with Gasteiger partial charge in [0, 0.05) is 6.54 Å². The normalized spacial score (nSPS) is 9.24. The zero-order valence-corrected chi connectivity index (χ0v) is 10.2. The van der Waals surface area contributed by atoms with E-state index in [-0.39, 0.29) is 0 Å². The lowest BCUT2D eigenvalue weighted by Gasteiger charge is -2.00. The zero-order chi connectivity index (χ0) is 12.3. The van der Waals surface area contributed by atoms with Crippen molar-refractivity contribution in [2.75, 3.05) is 13.7 Å². The first-order valence-corrected chi connectivity index (χ1v) is 5.74. The van der Waals surface area contributed by atoms with E-state index in [1.54, 1.807) is 7.11 Å². The smallest absolute Gasteiger partial charge is 0.145 e. The molecule has 0 heterocycles. The van der Waals surface area contributed by atoms with E-state index >= 15 is 0 Å². The molecule has 3 heteroatoms. The summed E-state index contributed by atoms with van der Waals surface area (Å²) in [5.74, 6) is 0.738. The molecule has 0 aromatic heterocycles. The number of methoxy groups -OCH3 is 1. The molecule has 0 radical (unpaired) electrons. The number of benzene rings is 1. The van der Waals surface area contributed by atoms with Crippen molar-refractivity contribution in [3.8, 4) is 5.75 Å². The molecule has 3 nitrogen and oxygen atoms in total. The topological polar surface area (TPSA) is 34.0 Å². The molecule has 0 spiro atoms. The highest BCUT2D eigenvalue weighted by atomic mass is 16.5. The fourth-order valence-corrected chi connectivity index (χ4v) is 1.34. The van der Waals surface area contributed by atoms with Gasteiger partial charge in [0.25, 0.3) is 0 Å². The van der Waals surface area contributed by atoms with Crippen LogP contribution in [0.2, 0.25) is 0 Å². The fourth-order valence-electron chi connectivity index (χ4n) is 1.34. The van der Waals surface area contributed by atoms with Gasteiger partial charge in [0.15, 0.2) is 0 Å². The van der Waals surface area contributed by atoms with Gasteiger partial charge in [-0.05, 0) is 31.4 Å². The van der Waals surface area contributed by atoms with Gasteiger partial charge in [0.2, 0.25) is 0 Å². The molecule has 0 bridgehead atoms. The second-order valence-electron chi connectivity index (χ2n) is 3.55. The van der Waals surface area contributed by atoms with Crippen LogP contribution in [0.5, 0.6) is 5.75 Å². The van der Waals surface area contributed by atoms with E-state index in [2.05, 4.69) is 22.6 Å². The van der Waals surface area contributed by atoms with Crippen LogP contribution in [0, 0.1) is 0 Å². The van der Waals surface area contributed by atoms with E-state index in [4.69, 9.17) is 4.74 Å². The summed E-state index contributed by atoms with van der Waals surface area (Å²) in [7, 11) is 1.63. The van der Waals surface area contributed by atoms with Crippen molar-refractivity contribution in [3.05, 3.63) is 36.9 Å². The second kappa shape index (κ2) is 8.31. The van der Waals surface area contributed by atoms with Crippen LogP contribution in [0.25, 0.3) is 0 Å². The van der Waals surface area contributed by atoms with Crippen molar-refractivity contribution in [2.45, 2.75) is 19.3 Å². The molecule has 0 saturated heterocycles. The third kappa shape index (κ3) is 5.14. The molecular weight excluding hydrogens is 212 g/mol. The molecule has 0 aliphatic carbocycles. The van der Waals surface area contributed by atoms with E-state index in [1.807, 2.05) is 30.3 Å². The summed E-state index contributed by atoms with van der Waals surface area (Å²) in [6, 6.07) is 10.3. The minimum atomic E-state index is 0.738. The van der Waals surface area contributed by atoms with E-state index in [0.717, 1.165) is 37.2 Å². The van der Waals surface area contributed by atoms with Crippen LogP contribution in [-0.4, -0.2) is 19.7 Å². The second-order valence-corrected chi connectivity index (χ2v) is 3.55. The summed E-state index contributed by atoms with van der Waals surface area (Å²) >= 11 is 0. The largest absolute Gasteiger partial charge is 0.494 e. The van der Waals surface area contributed by atoms with Gasteiger partial charge in [-0.2, -0.15) is 4.99 Å². The monoisotopic (exact) mass is 230 g/mol. The summed E-state index contributed by atoms with van der Waals surface area (Å²) in [6.45, 7) is 4.43. The van der Waals surface area contributed by atoms with E-state index in [9.17, 15) is 0 Å². The van der Waals surface area contributed by atoms with Gasteiger partial charge in [-0.15, -0.1) is 6.58 Å². The average molecular weight is 230 g/mol. The van der Waals surface area contributed by atoms with Crippen molar-refractivity contribution in [3.63, 3.8) is 0 Å². The van der Waals surface area contributed by atoms with Gasteiger partial charge >= 0.3 is 0 Å². The van der Waals surface area contributed by atoms with Crippen LogP contribution in [0.15, 0.2) is 46.9 Å². The van der Waals surface area contributed by atoms with Gasteiger partial charge in [0.1, 0.15) is 11.4 Å². The molecule has 1 rings (SSSR count). The average Bonchev–Trinajstić information content (AvgIpc) is 2.38. The predicted molar refractivity (Wildman–Crippen MR) is 71.4 cm³/mol. The Morgan fingerprint density at radius 2 is 2.18 bits per heavy atom. The van der Waals surface area contributed by atoms with Gasteiger partial charge in [-0.25, -0.2) is 4.99 Å². The Hall–Kier alpha value is -1.86. The zero-order valence-electron chi connectivity index (χ0n) is 10.2. The van der Waals surface area contributed by atoms with Gasteiger partial charge in [-0.3, -0.25) is 0 Å². The first-order chi connectivity index (χ1) is 8.38. The molecule has 0 atom stereocenters. The highest BCUT2D eigenvalue weighted by Crippen LogP contribution is 2.25. The van der Waals surface area contributed by atoms with Crippen LogP contribution in [-0.2, 0) is 0 Å². The summed E-state index contributed by atoms with van der Waals surface area (Å²) < 4.78 is 5.17. The summed E-state index contributed by atoms with van der Waals surface area (Å²) in [4.78, 5) is 8.24. The summed E-state index contributed by atoms with van der Waals surface area (Å²) in [6.07, 6.45) is 5.12. The Bertz CT molecular complexity index is 406. The number of unbranched alkanes of at least 4 members (excludes halogenated alkanes) is 2. The Morgan fingerprint density at radius 3 is 2.94 bits per heavy atom. The fraction of sp³-hybridized carbons (Fsp3) is 0.357. The highest BCUT2D eigenvalue weighted by Gasteiger charge is 1.96. The minimum absolute atomic E-state index is 0.738. The number of hydrogen-bond acceptors (Lipinski definition) is 3. The van der Waals surface area contributed by atoms with E-state index in [0.29, 0.717) is 0 Å². The maximum absolute atomic E-state index is 5.17. The number of nitrogens with zero attached hydrogens (tertiary/aromatic N) is 2. The lowest BCUT2D eigenvalue weighted by Crippen LogP contribution is -1.82. The quantitative estimate of drug-likeness (QED) is 0.398. The number of aliphatic imine (C=N–C) groups is 2. The standard InChI is InChI=1S/C14H18N2O/c1-3-4-5-8-11-15-12-16-13-9-6-7-10-14(13)17-2/h3,6-7,9-10H,1,4-5,8,11H2,2H3. The SMILES string of the molecule is C=CCCCCN=C=Nc1ccccc1OC. The number of hydrogen-bond donors (Lipinski definition) is 0. The highest BCUT2D eigenvalue weighted by molar-refractivity contribution is 5.59. The molecule has 90 valence electrons. The molecule has 0 unspecified atom stereocenters. The Labute approximate surface area is 103 Å². The van der Waals surface area contributed by atoms with Crippen LogP contribution in [0.1, 0.15) is 19.3 Å². The lowest BCUT2D eigenvalue weighted by atomic mass is 10.2. The first-order valence-electron chi connectivity index (χ1n) is 5.74. The minimum Gasteiger partial charge on any atom is -0.494 e. The Balaban J connectivity index is 2.46. The summed E-state index contributed by atoms with van der Waals surface area (Å²) in [5, 5.41) is 0. The van der Waals surface area contributed by atoms with E-state index < -0.39 is 0 Å². The maximum Gasteiger partial charge on any atom is 0.145 e. The van der Waals surface area contributed by atoms with Gasteiger partial charge < -0.3 is 4.74 Å². The molecule has 0 saturated carbocycles. The molecule has 1 aromatic rings.